The lowest BCUT2D eigenvalue weighted by atomic mass is 9.44. The predicted octanol–water partition coefficient (Wildman–Crippen LogP) is 0.0782. The number of ether oxygens (including phenoxy) is 2. The van der Waals surface area contributed by atoms with Crippen molar-refractivity contribution in [2.75, 3.05) is 13.2 Å². The molecular formula is C46H56F2O16. The van der Waals surface area contributed by atoms with Crippen molar-refractivity contribution in [3.63, 3.8) is 0 Å². The van der Waals surface area contributed by atoms with Crippen molar-refractivity contribution in [2.24, 2.45) is 45.3 Å². The molecule has 0 aromatic rings. The molecule has 8 N–H and O–H groups in total. The summed E-state index contributed by atoms with van der Waals surface area (Å²) >= 11 is 0. The van der Waals surface area contributed by atoms with Crippen molar-refractivity contribution >= 4 is 35.1 Å². The first-order chi connectivity index (χ1) is 29.6. The smallest absolute Gasteiger partial charge is 0.338 e. The number of esters is 2. The first-order valence-electron chi connectivity index (χ1n) is 21.8. The largest absolute Gasteiger partial charge is 0.456 e. The van der Waals surface area contributed by atoms with E-state index in [0.717, 1.165) is 0 Å². The van der Waals surface area contributed by atoms with E-state index in [1.54, 1.807) is 13.8 Å². The molecule has 0 spiro atoms. The lowest BCUT2D eigenvalue weighted by Crippen LogP contribution is -2.69. The highest BCUT2D eigenvalue weighted by molar-refractivity contribution is 6.02. The van der Waals surface area contributed by atoms with Crippen LogP contribution in [-0.2, 0) is 38.2 Å². The zero-order valence-electron chi connectivity index (χ0n) is 35.9. The fraction of sp³-hybridized carbons (Fsp3) is 0.696. The minimum Gasteiger partial charge on any atom is -0.456 e. The summed E-state index contributed by atoms with van der Waals surface area (Å²) in [6.07, 6.45) is -5.52. The minimum atomic E-state index is -2.74. The Labute approximate surface area is 366 Å². The van der Waals surface area contributed by atoms with E-state index in [1.165, 1.54) is 50.3 Å². The van der Waals surface area contributed by atoms with E-state index in [2.05, 4.69) is 0 Å². The average molecular weight is 903 g/mol. The van der Waals surface area contributed by atoms with E-state index < -0.39 is 154 Å². The molecule has 8 rings (SSSR count). The number of allylic oxidation sites excluding steroid dienone is 8. The SMILES string of the molecule is C[C@]12C=CC(=O)C=C1CC[C@H]1[C@@H]3C[C@@H](O)[C@](O)(C(=O)COC(=O)C(O)C(O)C(=O)OCC(=O)[C@]4(O)[C@@H](O)C[C@@H]5[C@H]6CCC7=CC(=O)C=C[C@@]7(C)[C@]6(F)[C@H](O)C[C@]54C)[C@@]3(C)C[C@H](O)[C@@]12F. The van der Waals surface area contributed by atoms with Crippen molar-refractivity contribution in [2.45, 2.75) is 138 Å². The van der Waals surface area contributed by atoms with Gasteiger partial charge >= 0.3 is 11.9 Å². The van der Waals surface area contributed by atoms with Gasteiger partial charge in [-0.15, -0.1) is 0 Å². The lowest BCUT2D eigenvalue weighted by Gasteiger charge is -2.62. The molecule has 350 valence electrons. The number of Topliss-reactive ketones (excluding diaryl/α,β-unsaturated/α-hetero) is 2. The third-order valence-corrected chi connectivity index (χ3v) is 18.0. The van der Waals surface area contributed by atoms with E-state index in [9.17, 15) is 69.6 Å². The van der Waals surface area contributed by atoms with Gasteiger partial charge in [-0.05, 0) is 101 Å². The summed E-state index contributed by atoms with van der Waals surface area (Å²) in [5, 5.41) is 90.4. The van der Waals surface area contributed by atoms with Gasteiger partial charge < -0.3 is 50.3 Å². The summed E-state index contributed by atoms with van der Waals surface area (Å²) in [5.74, 6) is -10.5. The molecule has 0 bridgehead atoms. The first-order valence-corrected chi connectivity index (χ1v) is 21.8. The van der Waals surface area contributed by atoms with E-state index in [0.29, 0.717) is 11.1 Å². The fourth-order valence-corrected chi connectivity index (χ4v) is 14.4. The van der Waals surface area contributed by atoms with Gasteiger partial charge in [0.1, 0.15) is 0 Å². The summed E-state index contributed by atoms with van der Waals surface area (Å²) in [5.41, 5.74) is -15.2. The standard InChI is InChI=1S/C46H56F2O16/c1-39-11-9-23(49)13-21(39)5-7-25-27-15-29(51)45(61,41(27,3)17-31(53)43(25,39)47)33(55)19-63-37(59)35(57)36(58)38(60)64-20-34(56)46(62)30(52)16-28-26-8-6-22-14-24(50)10-12-40(22,2)44(26,48)32(54)18-42(28,46)4/h9-14,25-32,35-36,51-54,57-58,61-62H,5-8,15-20H2,1-4H3/t25-,26+,27-,28+,29+,30-,31-,32+,35?,36?,39-,40+,41-,42+,43-,44+,45-,46+. The van der Waals surface area contributed by atoms with E-state index in [4.69, 9.17) is 9.47 Å². The number of hydrogen-bond acceptors (Lipinski definition) is 16. The van der Waals surface area contributed by atoms with Crippen molar-refractivity contribution in [3.05, 3.63) is 47.6 Å². The van der Waals surface area contributed by atoms with Crippen LogP contribution in [0.25, 0.3) is 0 Å². The second-order valence-corrected chi connectivity index (χ2v) is 20.5. The van der Waals surface area contributed by atoms with Crippen LogP contribution in [0.5, 0.6) is 0 Å². The van der Waals surface area contributed by atoms with Crippen LogP contribution < -0.4 is 0 Å². The third kappa shape index (κ3) is 5.72. The van der Waals surface area contributed by atoms with Crippen molar-refractivity contribution < 1.29 is 87.9 Å². The predicted molar refractivity (Wildman–Crippen MR) is 213 cm³/mol. The van der Waals surface area contributed by atoms with Crippen LogP contribution in [0.1, 0.15) is 79.1 Å². The minimum absolute atomic E-state index is 0.123. The Balaban J connectivity index is 0.900. The number of alkyl halides is 2. The number of aliphatic hydroxyl groups excluding tert-OH is 6. The highest BCUT2D eigenvalue weighted by Crippen LogP contribution is 2.71. The molecule has 6 fully saturated rings. The molecule has 0 aliphatic heterocycles. The molecule has 0 saturated heterocycles. The molecule has 0 amide bonds. The quantitative estimate of drug-likeness (QED) is 0.142. The molecule has 18 atom stereocenters. The Morgan fingerprint density at radius 3 is 1.31 bits per heavy atom. The molecule has 16 nitrogen and oxygen atoms in total. The number of halogens is 2. The van der Waals surface area contributed by atoms with Gasteiger partial charge in [-0.1, -0.05) is 37.1 Å². The van der Waals surface area contributed by atoms with Gasteiger partial charge in [0.05, 0.1) is 24.4 Å². The third-order valence-electron chi connectivity index (χ3n) is 18.0. The summed E-state index contributed by atoms with van der Waals surface area (Å²) < 4.78 is 44.6. The Morgan fingerprint density at radius 2 is 0.969 bits per heavy atom. The number of hydrogen-bond donors (Lipinski definition) is 8. The van der Waals surface area contributed by atoms with Crippen molar-refractivity contribution in [1.29, 1.82) is 0 Å². The summed E-state index contributed by atoms with van der Waals surface area (Å²) in [7, 11) is 0. The van der Waals surface area contributed by atoms with Crippen LogP contribution in [0.2, 0.25) is 0 Å². The van der Waals surface area contributed by atoms with Gasteiger partial charge in [-0.2, -0.15) is 0 Å². The molecule has 0 heterocycles. The number of aliphatic hydroxyl groups is 8. The highest BCUT2D eigenvalue weighted by atomic mass is 19.1. The molecule has 0 aromatic heterocycles. The topological polar surface area (TPSA) is 283 Å². The second kappa shape index (κ2) is 14.8. The summed E-state index contributed by atoms with van der Waals surface area (Å²) in [6.45, 7) is 3.33. The van der Waals surface area contributed by atoms with Crippen LogP contribution in [0.4, 0.5) is 8.78 Å². The second-order valence-electron chi connectivity index (χ2n) is 20.5. The zero-order chi connectivity index (χ0) is 47.1. The van der Waals surface area contributed by atoms with Crippen molar-refractivity contribution in [3.8, 4) is 0 Å². The van der Waals surface area contributed by atoms with Gasteiger partial charge in [-0.3, -0.25) is 19.2 Å². The Kier molecular flexibility index (Phi) is 10.8. The number of rotatable bonds is 9. The first kappa shape index (κ1) is 46.6. The molecule has 18 heteroatoms. The molecule has 0 aromatic carbocycles. The van der Waals surface area contributed by atoms with Gasteiger partial charge in [0.2, 0.25) is 11.6 Å². The van der Waals surface area contributed by atoms with Gasteiger partial charge in [0.15, 0.2) is 59.5 Å². The van der Waals surface area contributed by atoms with E-state index >= 15 is 8.78 Å². The van der Waals surface area contributed by atoms with Crippen LogP contribution in [0.15, 0.2) is 47.6 Å². The molecule has 8 aliphatic carbocycles. The number of fused-ring (bicyclic) bond motifs is 10. The van der Waals surface area contributed by atoms with Gasteiger partial charge in [0, 0.05) is 33.5 Å². The monoisotopic (exact) mass is 902 g/mol. The summed E-state index contributed by atoms with van der Waals surface area (Å²) in [4.78, 5) is 77.5. The Bertz CT molecular complexity index is 2070. The molecule has 6 saturated carbocycles. The number of carbonyl (C=O) groups excluding carboxylic acids is 6. The molecular weight excluding hydrogens is 846 g/mol. The van der Waals surface area contributed by atoms with Crippen LogP contribution in [0.3, 0.4) is 0 Å². The van der Waals surface area contributed by atoms with Crippen LogP contribution >= 0.6 is 0 Å². The number of carbonyl (C=O) groups is 6. The zero-order valence-corrected chi connectivity index (χ0v) is 35.9. The Morgan fingerprint density at radius 1 is 0.625 bits per heavy atom. The molecule has 64 heavy (non-hydrogen) atoms. The van der Waals surface area contributed by atoms with Crippen LogP contribution in [0, 0.1) is 45.3 Å². The molecule has 2 unspecified atom stereocenters. The maximum absolute atomic E-state index is 17.4. The summed E-state index contributed by atoms with van der Waals surface area (Å²) in [6, 6.07) is 0. The lowest BCUT2D eigenvalue weighted by molar-refractivity contribution is -0.223. The molecule has 0 radical (unpaired) electrons. The normalized spacial score (nSPS) is 48.5. The average Bonchev–Trinajstić information content (AvgIpc) is 3.57. The van der Waals surface area contributed by atoms with E-state index in [-0.39, 0.29) is 50.1 Å². The fourth-order valence-electron chi connectivity index (χ4n) is 14.4. The van der Waals surface area contributed by atoms with Crippen LogP contribution in [-0.4, -0.2) is 148 Å². The molecule has 8 aliphatic rings. The van der Waals surface area contributed by atoms with E-state index in [1.807, 2.05) is 0 Å². The van der Waals surface area contributed by atoms with Gasteiger partial charge in [0.25, 0.3) is 0 Å². The Hall–Kier alpha value is -3.88. The number of ketones is 4. The highest BCUT2D eigenvalue weighted by Gasteiger charge is 2.78. The van der Waals surface area contributed by atoms with Crippen molar-refractivity contribution in [1.82, 2.24) is 0 Å². The van der Waals surface area contributed by atoms with Gasteiger partial charge in [-0.25, -0.2) is 18.4 Å². The maximum Gasteiger partial charge on any atom is 0.338 e. The maximum atomic E-state index is 17.4.